The summed E-state index contributed by atoms with van der Waals surface area (Å²) in [5.74, 6) is 0.872. The van der Waals surface area contributed by atoms with E-state index in [1.54, 1.807) is 23.1 Å². The molecular formula is C15H17N5O. The Labute approximate surface area is 122 Å². The standard InChI is InChI=1S/C15H17N5O/c1-3-20-11(2)17-13-9-12(5-6-14(13)20)18-15(21)10-19-8-4-7-16-19/h4-9H,3,10H2,1-2H3,(H,18,21). The van der Waals surface area contributed by atoms with E-state index in [9.17, 15) is 4.79 Å². The minimum Gasteiger partial charge on any atom is -0.329 e. The van der Waals surface area contributed by atoms with Crippen LogP contribution in [0.4, 0.5) is 5.69 Å². The van der Waals surface area contributed by atoms with Crippen LogP contribution in [0.2, 0.25) is 0 Å². The number of fused-ring (bicyclic) bond motifs is 1. The molecule has 108 valence electrons. The highest BCUT2D eigenvalue weighted by atomic mass is 16.2. The van der Waals surface area contributed by atoms with Crippen molar-refractivity contribution in [2.75, 3.05) is 5.32 Å². The lowest BCUT2D eigenvalue weighted by atomic mass is 10.2. The Bertz CT molecular complexity index is 773. The molecule has 0 spiro atoms. The summed E-state index contributed by atoms with van der Waals surface area (Å²) < 4.78 is 3.73. The van der Waals surface area contributed by atoms with E-state index in [1.165, 1.54) is 0 Å². The Hall–Kier alpha value is -2.63. The summed E-state index contributed by atoms with van der Waals surface area (Å²) >= 11 is 0. The van der Waals surface area contributed by atoms with Crippen LogP contribution in [0, 0.1) is 6.92 Å². The van der Waals surface area contributed by atoms with Crippen molar-refractivity contribution < 1.29 is 4.79 Å². The Morgan fingerprint density at radius 1 is 1.38 bits per heavy atom. The van der Waals surface area contributed by atoms with Crippen molar-refractivity contribution in [1.82, 2.24) is 19.3 Å². The van der Waals surface area contributed by atoms with Gasteiger partial charge in [0.05, 0.1) is 11.0 Å². The zero-order chi connectivity index (χ0) is 14.8. The van der Waals surface area contributed by atoms with Crippen molar-refractivity contribution in [2.24, 2.45) is 0 Å². The summed E-state index contributed by atoms with van der Waals surface area (Å²) in [4.78, 5) is 16.5. The van der Waals surface area contributed by atoms with Gasteiger partial charge in [0, 0.05) is 24.6 Å². The Kier molecular flexibility index (Phi) is 3.43. The first-order valence-electron chi connectivity index (χ1n) is 6.91. The molecule has 6 heteroatoms. The molecule has 0 aliphatic carbocycles. The Morgan fingerprint density at radius 2 is 2.24 bits per heavy atom. The molecule has 0 bridgehead atoms. The summed E-state index contributed by atoms with van der Waals surface area (Å²) in [6.07, 6.45) is 3.41. The quantitative estimate of drug-likeness (QED) is 0.798. The maximum atomic E-state index is 11.9. The van der Waals surface area contributed by atoms with Gasteiger partial charge in [-0.05, 0) is 38.1 Å². The molecule has 1 N–H and O–H groups in total. The SMILES string of the molecule is CCn1c(C)nc2cc(NC(=O)Cn3cccn3)ccc21. The lowest BCUT2D eigenvalue weighted by Gasteiger charge is -2.06. The highest BCUT2D eigenvalue weighted by molar-refractivity contribution is 5.93. The minimum absolute atomic E-state index is 0.107. The molecule has 21 heavy (non-hydrogen) atoms. The van der Waals surface area contributed by atoms with Gasteiger partial charge in [-0.3, -0.25) is 9.48 Å². The second-order valence-electron chi connectivity index (χ2n) is 4.86. The number of hydrogen-bond acceptors (Lipinski definition) is 3. The molecular weight excluding hydrogens is 266 g/mol. The number of carbonyl (C=O) groups is 1. The molecule has 0 unspecified atom stereocenters. The summed E-state index contributed by atoms with van der Waals surface area (Å²) in [6.45, 7) is 5.16. The van der Waals surface area contributed by atoms with Crippen LogP contribution in [0.25, 0.3) is 11.0 Å². The molecule has 1 aromatic carbocycles. The average molecular weight is 283 g/mol. The van der Waals surface area contributed by atoms with Gasteiger partial charge in [-0.1, -0.05) is 0 Å². The number of nitrogens with zero attached hydrogens (tertiary/aromatic N) is 4. The van der Waals surface area contributed by atoms with E-state index >= 15 is 0 Å². The topological polar surface area (TPSA) is 64.7 Å². The number of anilines is 1. The monoisotopic (exact) mass is 283 g/mol. The highest BCUT2D eigenvalue weighted by Gasteiger charge is 2.08. The zero-order valence-electron chi connectivity index (χ0n) is 12.1. The molecule has 0 atom stereocenters. The first-order chi connectivity index (χ1) is 10.2. The number of benzene rings is 1. The molecule has 0 radical (unpaired) electrons. The van der Waals surface area contributed by atoms with Crippen molar-refractivity contribution in [1.29, 1.82) is 0 Å². The number of hydrogen-bond donors (Lipinski definition) is 1. The third kappa shape index (κ3) is 2.65. The van der Waals surface area contributed by atoms with Crippen LogP contribution in [0.5, 0.6) is 0 Å². The lowest BCUT2D eigenvalue weighted by molar-refractivity contribution is -0.116. The number of aromatic nitrogens is 4. The van der Waals surface area contributed by atoms with E-state index < -0.39 is 0 Å². The molecule has 2 aromatic heterocycles. The predicted octanol–water partition coefficient (Wildman–Crippen LogP) is 2.20. The van der Waals surface area contributed by atoms with Crippen LogP contribution in [-0.2, 0) is 17.9 Å². The van der Waals surface area contributed by atoms with Crippen LogP contribution >= 0.6 is 0 Å². The normalized spacial score (nSPS) is 11.0. The molecule has 3 rings (SSSR count). The number of amides is 1. The van der Waals surface area contributed by atoms with Crippen LogP contribution in [0.15, 0.2) is 36.7 Å². The molecule has 0 aliphatic heterocycles. The van der Waals surface area contributed by atoms with Gasteiger partial charge < -0.3 is 9.88 Å². The number of carbonyl (C=O) groups excluding carboxylic acids is 1. The highest BCUT2D eigenvalue weighted by Crippen LogP contribution is 2.20. The van der Waals surface area contributed by atoms with Crippen LogP contribution in [0.3, 0.4) is 0 Å². The summed E-state index contributed by atoms with van der Waals surface area (Å²) in [6, 6.07) is 7.58. The third-order valence-electron chi connectivity index (χ3n) is 3.40. The smallest absolute Gasteiger partial charge is 0.246 e. The van der Waals surface area contributed by atoms with E-state index in [0.717, 1.165) is 29.1 Å². The number of rotatable bonds is 4. The molecule has 6 nitrogen and oxygen atoms in total. The number of nitrogens with one attached hydrogen (secondary N) is 1. The summed E-state index contributed by atoms with van der Waals surface area (Å²) in [5.41, 5.74) is 2.73. The van der Waals surface area contributed by atoms with Gasteiger partial charge >= 0.3 is 0 Å². The Balaban J connectivity index is 1.80. The second-order valence-corrected chi connectivity index (χ2v) is 4.86. The molecule has 0 aliphatic rings. The largest absolute Gasteiger partial charge is 0.329 e. The summed E-state index contributed by atoms with van der Waals surface area (Å²) in [5, 5.41) is 6.88. The number of imidazole rings is 1. The van der Waals surface area contributed by atoms with Crippen molar-refractivity contribution in [2.45, 2.75) is 26.9 Å². The maximum absolute atomic E-state index is 11.9. The van der Waals surface area contributed by atoms with Gasteiger partial charge in [0.15, 0.2) is 0 Å². The Morgan fingerprint density at radius 3 is 2.95 bits per heavy atom. The van der Waals surface area contributed by atoms with Gasteiger partial charge in [0.2, 0.25) is 5.91 Å². The third-order valence-corrected chi connectivity index (χ3v) is 3.40. The fourth-order valence-corrected chi connectivity index (χ4v) is 2.47. The summed E-state index contributed by atoms with van der Waals surface area (Å²) in [7, 11) is 0. The first kappa shape index (κ1) is 13.4. The second kappa shape index (κ2) is 5.40. The predicted molar refractivity (Wildman–Crippen MR) is 81.0 cm³/mol. The van der Waals surface area contributed by atoms with Crippen LogP contribution < -0.4 is 5.32 Å². The van der Waals surface area contributed by atoms with E-state index in [-0.39, 0.29) is 12.5 Å². The van der Waals surface area contributed by atoms with E-state index in [1.807, 2.05) is 25.1 Å². The van der Waals surface area contributed by atoms with Gasteiger partial charge in [0.1, 0.15) is 12.4 Å². The van der Waals surface area contributed by atoms with E-state index in [2.05, 4.69) is 26.9 Å². The van der Waals surface area contributed by atoms with Crippen molar-refractivity contribution in [3.05, 3.63) is 42.5 Å². The fourth-order valence-electron chi connectivity index (χ4n) is 2.47. The molecule has 0 saturated carbocycles. The maximum Gasteiger partial charge on any atom is 0.246 e. The average Bonchev–Trinajstić information content (AvgIpc) is 3.04. The van der Waals surface area contributed by atoms with Crippen molar-refractivity contribution >= 4 is 22.6 Å². The van der Waals surface area contributed by atoms with Crippen LogP contribution in [0.1, 0.15) is 12.7 Å². The molecule has 2 heterocycles. The zero-order valence-corrected chi connectivity index (χ0v) is 12.1. The van der Waals surface area contributed by atoms with Gasteiger partial charge in [-0.2, -0.15) is 5.10 Å². The minimum atomic E-state index is -0.107. The lowest BCUT2D eigenvalue weighted by Crippen LogP contribution is -2.18. The van der Waals surface area contributed by atoms with Crippen molar-refractivity contribution in [3.8, 4) is 0 Å². The van der Waals surface area contributed by atoms with Crippen LogP contribution in [-0.4, -0.2) is 25.2 Å². The number of aryl methyl sites for hydroxylation is 2. The fraction of sp³-hybridized carbons (Fsp3) is 0.267. The van der Waals surface area contributed by atoms with E-state index in [4.69, 9.17) is 0 Å². The van der Waals surface area contributed by atoms with Crippen molar-refractivity contribution in [3.63, 3.8) is 0 Å². The van der Waals surface area contributed by atoms with Gasteiger partial charge in [-0.25, -0.2) is 4.98 Å². The molecule has 1 amide bonds. The van der Waals surface area contributed by atoms with Gasteiger partial charge in [-0.15, -0.1) is 0 Å². The molecule has 0 saturated heterocycles. The molecule has 3 aromatic rings. The first-order valence-corrected chi connectivity index (χ1v) is 6.91. The molecule has 0 fully saturated rings. The van der Waals surface area contributed by atoms with E-state index in [0.29, 0.717) is 0 Å². The van der Waals surface area contributed by atoms with Gasteiger partial charge in [0.25, 0.3) is 0 Å².